The van der Waals surface area contributed by atoms with Crippen LogP contribution in [0.1, 0.15) is 0 Å². The van der Waals surface area contributed by atoms with E-state index in [1.807, 2.05) is 12.1 Å². The number of tetrazole rings is 1. The minimum absolute atomic E-state index is 0.240. The van der Waals surface area contributed by atoms with E-state index in [9.17, 15) is 0 Å². The van der Waals surface area contributed by atoms with Gasteiger partial charge in [0.05, 0.1) is 7.11 Å². The summed E-state index contributed by atoms with van der Waals surface area (Å²) >= 11 is 0. The zero-order chi connectivity index (χ0) is 18.5. The fourth-order valence-electron chi connectivity index (χ4n) is 2.27. The van der Waals surface area contributed by atoms with Crippen LogP contribution < -0.4 is 14.5 Å². The second-order valence-corrected chi connectivity index (χ2v) is 5.20. The third kappa shape index (κ3) is 3.63. The van der Waals surface area contributed by atoms with Gasteiger partial charge in [0.1, 0.15) is 5.69 Å². The first-order valence-corrected chi connectivity index (χ1v) is 7.84. The molecule has 0 radical (unpaired) electrons. The molecule has 1 aromatic carbocycles. The van der Waals surface area contributed by atoms with Crippen LogP contribution in [0.4, 0.5) is 0 Å². The van der Waals surface area contributed by atoms with Gasteiger partial charge < -0.3 is 4.74 Å². The molecular weight excluding hydrogens is 350 g/mol. The van der Waals surface area contributed by atoms with Gasteiger partial charge in [-0.25, -0.2) is 4.98 Å². The van der Waals surface area contributed by atoms with Gasteiger partial charge in [0.15, 0.2) is 11.6 Å². The predicted molar refractivity (Wildman–Crippen MR) is 92.7 cm³/mol. The van der Waals surface area contributed by atoms with Crippen LogP contribution >= 0.6 is 0 Å². The lowest BCUT2D eigenvalue weighted by atomic mass is 10.2. The van der Waals surface area contributed by atoms with Gasteiger partial charge in [-0.15, -0.1) is 10.2 Å². The molecule has 0 aliphatic heterocycles. The number of hydrogen-bond acceptors (Lipinski definition) is 9. The lowest BCUT2D eigenvalue weighted by Gasteiger charge is -2.09. The summed E-state index contributed by atoms with van der Waals surface area (Å²) in [6.07, 6.45) is 3.18. The summed E-state index contributed by atoms with van der Waals surface area (Å²) in [5, 5.41) is 13.7. The zero-order valence-corrected chi connectivity index (χ0v) is 14.1. The van der Waals surface area contributed by atoms with Crippen molar-refractivity contribution in [3.05, 3.63) is 54.9 Å². The van der Waals surface area contributed by atoms with Crippen molar-refractivity contribution in [3.8, 4) is 40.3 Å². The van der Waals surface area contributed by atoms with Crippen molar-refractivity contribution in [1.82, 2.24) is 35.6 Å². The van der Waals surface area contributed by atoms with E-state index in [0.29, 0.717) is 34.4 Å². The second kappa shape index (κ2) is 7.44. The normalized spacial score (nSPS) is 10.4. The van der Waals surface area contributed by atoms with Crippen LogP contribution in [0.25, 0.3) is 22.9 Å². The number of methoxy groups -OCH3 is 1. The van der Waals surface area contributed by atoms with Gasteiger partial charge >= 0.3 is 0 Å². The molecule has 0 saturated carbocycles. The SMILES string of the molecule is COc1ccccc1OOc1ccnc(-c2ccnc(-c3nn[nH]n3)c2)n1. The van der Waals surface area contributed by atoms with E-state index in [-0.39, 0.29) is 5.88 Å². The lowest BCUT2D eigenvalue weighted by molar-refractivity contribution is -0.106. The van der Waals surface area contributed by atoms with Gasteiger partial charge in [-0.05, 0) is 29.5 Å². The third-order valence-corrected chi connectivity index (χ3v) is 3.51. The molecule has 134 valence electrons. The Morgan fingerprint density at radius 2 is 1.74 bits per heavy atom. The number of hydrogen-bond donors (Lipinski definition) is 1. The fourth-order valence-corrected chi connectivity index (χ4v) is 2.27. The summed E-state index contributed by atoms with van der Waals surface area (Å²) in [6, 6.07) is 12.2. The maximum atomic E-state index is 5.33. The van der Waals surface area contributed by atoms with E-state index >= 15 is 0 Å². The van der Waals surface area contributed by atoms with E-state index in [4.69, 9.17) is 14.5 Å². The quantitative estimate of drug-likeness (QED) is 0.405. The molecule has 0 unspecified atom stereocenters. The highest BCUT2D eigenvalue weighted by molar-refractivity contribution is 5.62. The highest BCUT2D eigenvalue weighted by Crippen LogP contribution is 2.27. The van der Waals surface area contributed by atoms with Gasteiger partial charge in [-0.2, -0.15) is 10.2 Å². The predicted octanol–water partition coefficient (Wildman–Crippen LogP) is 2.10. The Labute approximate surface area is 153 Å². The maximum absolute atomic E-state index is 5.33. The largest absolute Gasteiger partial charge is 0.493 e. The summed E-state index contributed by atoms with van der Waals surface area (Å²) in [5.74, 6) is 2.03. The van der Waals surface area contributed by atoms with Crippen molar-refractivity contribution < 1.29 is 14.5 Å². The number of rotatable bonds is 6. The molecule has 10 nitrogen and oxygen atoms in total. The molecule has 4 rings (SSSR count). The van der Waals surface area contributed by atoms with Crippen molar-refractivity contribution in [2.24, 2.45) is 0 Å². The number of nitrogens with one attached hydrogen (secondary N) is 1. The van der Waals surface area contributed by atoms with Crippen LogP contribution in [0.3, 0.4) is 0 Å². The van der Waals surface area contributed by atoms with Crippen LogP contribution in [0.15, 0.2) is 54.9 Å². The molecule has 1 N–H and O–H groups in total. The molecule has 3 heterocycles. The van der Waals surface area contributed by atoms with Gasteiger partial charge in [0.25, 0.3) is 5.88 Å². The molecule has 0 bridgehead atoms. The Morgan fingerprint density at radius 3 is 2.56 bits per heavy atom. The molecule has 0 aliphatic carbocycles. The van der Waals surface area contributed by atoms with Gasteiger partial charge in [-0.1, -0.05) is 12.1 Å². The van der Waals surface area contributed by atoms with E-state index < -0.39 is 0 Å². The van der Waals surface area contributed by atoms with Crippen LogP contribution in [-0.4, -0.2) is 42.7 Å². The molecule has 3 aromatic heterocycles. The number of H-pyrrole nitrogens is 1. The first-order chi connectivity index (χ1) is 13.3. The van der Waals surface area contributed by atoms with Crippen LogP contribution in [-0.2, 0) is 0 Å². The molecule has 0 aliphatic rings. The Balaban J connectivity index is 1.55. The summed E-state index contributed by atoms with van der Waals surface area (Å²) < 4.78 is 5.21. The fraction of sp³-hybridized carbons (Fsp3) is 0.0588. The topological polar surface area (TPSA) is 121 Å². The number of benzene rings is 1. The Hall–Kier alpha value is -4.08. The number of aromatic nitrogens is 7. The molecule has 0 amide bonds. The van der Waals surface area contributed by atoms with E-state index in [0.717, 1.165) is 0 Å². The smallest absolute Gasteiger partial charge is 0.273 e. The highest BCUT2D eigenvalue weighted by Gasteiger charge is 2.10. The van der Waals surface area contributed by atoms with Crippen molar-refractivity contribution in [2.45, 2.75) is 0 Å². The molecule has 0 fully saturated rings. The molecule has 10 heteroatoms. The number of para-hydroxylation sites is 2. The van der Waals surface area contributed by atoms with Crippen molar-refractivity contribution >= 4 is 0 Å². The monoisotopic (exact) mass is 363 g/mol. The molecule has 4 aromatic rings. The molecule has 27 heavy (non-hydrogen) atoms. The standard InChI is InChI=1S/C17H13N7O3/c1-25-13-4-2-3-5-14(13)26-27-15-7-9-19-16(20-15)11-6-8-18-12(10-11)17-21-23-24-22-17/h2-10H,1H3,(H,21,22,23,24). The Bertz CT molecular complexity index is 1040. The number of aromatic amines is 1. The van der Waals surface area contributed by atoms with Gasteiger partial charge in [-0.3, -0.25) is 14.8 Å². The minimum atomic E-state index is 0.240. The average Bonchev–Trinajstić information content (AvgIpc) is 3.28. The van der Waals surface area contributed by atoms with Crippen molar-refractivity contribution in [1.29, 1.82) is 0 Å². The molecular formula is C17H13N7O3. The van der Waals surface area contributed by atoms with Crippen molar-refractivity contribution in [3.63, 3.8) is 0 Å². The lowest BCUT2D eigenvalue weighted by Crippen LogP contribution is -2.04. The average molecular weight is 363 g/mol. The van der Waals surface area contributed by atoms with Crippen molar-refractivity contribution in [2.75, 3.05) is 7.11 Å². The Morgan fingerprint density at radius 1 is 0.889 bits per heavy atom. The van der Waals surface area contributed by atoms with Gasteiger partial charge in [0, 0.05) is 24.0 Å². The summed E-state index contributed by atoms with van der Waals surface area (Å²) in [7, 11) is 1.55. The first kappa shape index (κ1) is 16.4. The Kier molecular flexibility index (Phi) is 4.51. The minimum Gasteiger partial charge on any atom is -0.493 e. The molecule has 0 spiro atoms. The summed E-state index contributed by atoms with van der Waals surface area (Å²) in [5.41, 5.74) is 1.26. The summed E-state index contributed by atoms with van der Waals surface area (Å²) in [6.45, 7) is 0. The first-order valence-electron chi connectivity index (χ1n) is 7.84. The van der Waals surface area contributed by atoms with E-state index in [2.05, 4.69) is 35.6 Å². The zero-order valence-electron chi connectivity index (χ0n) is 14.1. The number of pyridine rings is 1. The third-order valence-electron chi connectivity index (χ3n) is 3.51. The number of nitrogens with zero attached hydrogens (tertiary/aromatic N) is 6. The molecule has 0 saturated heterocycles. The highest BCUT2D eigenvalue weighted by atomic mass is 17.2. The van der Waals surface area contributed by atoms with Gasteiger partial charge in [0.2, 0.25) is 11.6 Å². The number of ether oxygens (including phenoxy) is 1. The summed E-state index contributed by atoms with van der Waals surface area (Å²) in [4.78, 5) is 23.5. The van der Waals surface area contributed by atoms with Crippen LogP contribution in [0, 0.1) is 0 Å². The molecule has 0 atom stereocenters. The second-order valence-electron chi connectivity index (χ2n) is 5.20. The van der Waals surface area contributed by atoms with Crippen LogP contribution in [0.2, 0.25) is 0 Å². The maximum Gasteiger partial charge on any atom is 0.273 e. The van der Waals surface area contributed by atoms with E-state index in [1.165, 1.54) is 0 Å². The van der Waals surface area contributed by atoms with Crippen LogP contribution in [0.5, 0.6) is 17.4 Å². The van der Waals surface area contributed by atoms with E-state index in [1.54, 1.807) is 49.8 Å².